The van der Waals surface area contributed by atoms with Crippen LogP contribution in [0.2, 0.25) is 0 Å². The summed E-state index contributed by atoms with van der Waals surface area (Å²) in [6, 6.07) is 9.57. The molecule has 130 valence electrons. The minimum atomic E-state index is 0.0249. The fourth-order valence-corrected chi connectivity index (χ4v) is 3.27. The molecule has 5 nitrogen and oxygen atoms in total. The van der Waals surface area contributed by atoms with E-state index in [1.54, 1.807) is 24.3 Å². The van der Waals surface area contributed by atoms with Crippen molar-refractivity contribution in [2.24, 2.45) is 0 Å². The highest BCUT2D eigenvalue weighted by Gasteiger charge is 2.27. The maximum absolute atomic E-state index is 13.0. The number of likely N-dealkylation sites (N-methyl/N-ethyl adjacent to an activating group) is 2. The zero-order valence-corrected chi connectivity index (χ0v) is 15.0. The van der Waals surface area contributed by atoms with Crippen LogP contribution in [0.25, 0.3) is 0 Å². The predicted molar refractivity (Wildman–Crippen MR) is 95.9 cm³/mol. The number of nitrogens with zero attached hydrogens (tertiary/aromatic N) is 4. The third-order valence-corrected chi connectivity index (χ3v) is 4.68. The Labute approximate surface area is 145 Å². The lowest BCUT2D eigenvalue weighted by Gasteiger charge is -2.31. The van der Waals surface area contributed by atoms with Gasteiger partial charge >= 0.3 is 0 Å². The Kier molecular flexibility index (Phi) is 6.77. The summed E-state index contributed by atoms with van der Waals surface area (Å²) in [5.41, 5.74) is 1.14. The zero-order valence-electron chi connectivity index (χ0n) is 15.0. The molecule has 0 spiro atoms. The van der Waals surface area contributed by atoms with Crippen LogP contribution in [0.1, 0.15) is 35.7 Å². The molecule has 5 heteroatoms. The van der Waals surface area contributed by atoms with Gasteiger partial charge in [-0.15, -0.1) is 0 Å². The Morgan fingerprint density at radius 3 is 2.83 bits per heavy atom. The Hall–Kier alpha value is -1.90. The number of carbonyl (C=O) groups is 1. The highest BCUT2D eigenvalue weighted by atomic mass is 16.2. The van der Waals surface area contributed by atoms with E-state index < -0.39 is 0 Å². The second-order valence-electron chi connectivity index (χ2n) is 6.67. The highest BCUT2D eigenvalue weighted by molar-refractivity contribution is 5.94. The first-order chi connectivity index (χ1) is 11.5. The van der Waals surface area contributed by atoms with E-state index in [2.05, 4.69) is 22.8 Å². The second kappa shape index (κ2) is 8.81. The molecule has 1 unspecified atom stereocenters. The number of benzene rings is 1. The van der Waals surface area contributed by atoms with Crippen LogP contribution in [0.5, 0.6) is 0 Å². The summed E-state index contributed by atoms with van der Waals surface area (Å²) in [6.45, 7) is 6.64. The van der Waals surface area contributed by atoms with Crippen molar-refractivity contribution in [3.63, 3.8) is 0 Å². The summed E-state index contributed by atoms with van der Waals surface area (Å²) in [7, 11) is 4.04. The van der Waals surface area contributed by atoms with Crippen molar-refractivity contribution in [2.45, 2.75) is 25.8 Å². The molecule has 1 aliphatic rings. The molecule has 1 aliphatic heterocycles. The van der Waals surface area contributed by atoms with Crippen molar-refractivity contribution in [3.05, 3.63) is 35.4 Å². The Balaban J connectivity index is 2.14. The zero-order chi connectivity index (χ0) is 17.5. The molecule has 1 fully saturated rings. The van der Waals surface area contributed by atoms with Gasteiger partial charge in [0.25, 0.3) is 5.91 Å². The van der Waals surface area contributed by atoms with E-state index in [1.807, 2.05) is 19.0 Å². The molecule has 0 aliphatic carbocycles. The van der Waals surface area contributed by atoms with E-state index in [0.29, 0.717) is 23.7 Å². The molecule has 1 aromatic rings. The highest BCUT2D eigenvalue weighted by Crippen LogP contribution is 2.19. The van der Waals surface area contributed by atoms with Crippen LogP contribution in [0, 0.1) is 11.3 Å². The maximum Gasteiger partial charge on any atom is 0.253 e. The summed E-state index contributed by atoms with van der Waals surface area (Å²) < 4.78 is 0. The Morgan fingerprint density at radius 2 is 2.17 bits per heavy atom. The van der Waals surface area contributed by atoms with E-state index in [0.717, 1.165) is 32.6 Å². The van der Waals surface area contributed by atoms with Crippen molar-refractivity contribution in [1.82, 2.24) is 14.7 Å². The molecule has 0 aromatic heterocycles. The fourth-order valence-electron chi connectivity index (χ4n) is 3.27. The van der Waals surface area contributed by atoms with Gasteiger partial charge in [-0.1, -0.05) is 13.0 Å². The molecule has 1 amide bonds. The summed E-state index contributed by atoms with van der Waals surface area (Å²) >= 11 is 0. The standard InChI is InChI=1S/C19H28N4O/c1-4-22-10-6-9-18(22)15-23(12-11-21(2)3)19(24)17-8-5-7-16(13-17)14-20/h5,7-8,13,18H,4,6,9-12,15H2,1-3H3. The van der Waals surface area contributed by atoms with Gasteiger partial charge in [0.1, 0.15) is 0 Å². The summed E-state index contributed by atoms with van der Waals surface area (Å²) in [4.78, 5) is 19.5. The molecular formula is C19H28N4O. The van der Waals surface area contributed by atoms with E-state index in [1.165, 1.54) is 6.42 Å². The number of likely N-dealkylation sites (tertiary alicyclic amines) is 1. The third kappa shape index (κ3) is 4.80. The first kappa shape index (κ1) is 18.4. The normalized spacial score (nSPS) is 17.9. The van der Waals surface area contributed by atoms with Crippen LogP contribution in [0.4, 0.5) is 0 Å². The fraction of sp³-hybridized carbons (Fsp3) is 0.579. The van der Waals surface area contributed by atoms with Crippen LogP contribution < -0.4 is 0 Å². The Morgan fingerprint density at radius 1 is 1.38 bits per heavy atom. The molecule has 0 N–H and O–H groups in total. The van der Waals surface area contributed by atoms with Crippen molar-refractivity contribution in [2.75, 3.05) is 46.8 Å². The number of amides is 1. The van der Waals surface area contributed by atoms with Gasteiger partial charge in [0.2, 0.25) is 0 Å². The molecule has 2 rings (SSSR count). The lowest BCUT2D eigenvalue weighted by atomic mass is 10.1. The molecule has 0 saturated carbocycles. The number of rotatable bonds is 7. The van der Waals surface area contributed by atoms with E-state index >= 15 is 0 Å². The van der Waals surface area contributed by atoms with Gasteiger partial charge in [0, 0.05) is 31.2 Å². The van der Waals surface area contributed by atoms with Crippen molar-refractivity contribution < 1.29 is 4.79 Å². The van der Waals surface area contributed by atoms with Crippen LogP contribution in [0.15, 0.2) is 24.3 Å². The van der Waals surface area contributed by atoms with Gasteiger partial charge in [-0.2, -0.15) is 5.26 Å². The summed E-state index contributed by atoms with van der Waals surface area (Å²) in [5.74, 6) is 0.0249. The van der Waals surface area contributed by atoms with Crippen LogP contribution in [-0.4, -0.2) is 73.5 Å². The molecule has 1 heterocycles. The van der Waals surface area contributed by atoms with E-state index in [4.69, 9.17) is 5.26 Å². The minimum Gasteiger partial charge on any atom is -0.336 e. The number of hydrogen-bond donors (Lipinski definition) is 0. The minimum absolute atomic E-state index is 0.0249. The van der Waals surface area contributed by atoms with Gasteiger partial charge < -0.3 is 9.80 Å². The third-order valence-electron chi connectivity index (χ3n) is 4.68. The molecule has 1 atom stereocenters. The monoisotopic (exact) mass is 328 g/mol. The van der Waals surface area contributed by atoms with Crippen molar-refractivity contribution in [3.8, 4) is 6.07 Å². The molecular weight excluding hydrogens is 300 g/mol. The average molecular weight is 328 g/mol. The lowest BCUT2D eigenvalue weighted by Crippen LogP contribution is -2.45. The molecule has 1 aromatic carbocycles. The first-order valence-corrected chi connectivity index (χ1v) is 8.73. The van der Waals surface area contributed by atoms with Crippen molar-refractivity contribution in [1.29, 1.82) is 5.26 Å². The summed E-state index contributed by atoms with van der Waals surface area (Å²) in [5, 5.41) is 9.07. The average Bonchev–Trinajstić information content (AvgIpc) is 3.05. The van der Waals surface area contributed by atoms with Crippen LogP contribution in [-0.2, 0) is 0 Å². The van der Waals surface area contributed by atoms with Crippen LogP contribution in [0.3, 0.4) is 0 Å². The molecule has 0 radical (unpaired) electrons. The smallest absolute Gasteiger partial charge is 0.253 e. The number of hydrogen-bond acceptors (Lipinski definition) is 4. The van der Waals surface area contributed by atoms with Gasteiger partial charge in [-0.3, -0.25) is 9.69 Å². The maximum atomic E-state index is 13.0. The quantitative estimate of drug-likeness (QED) is 0.769. The SMILES string of the molecule is CCN1CCCC1CN(CCN(C)C)C(=O)c1cccc(C#N)c1. The number of nitriles is 1. The van der Waals surface area contributed by atoms with E-state index in [-0.39, 0.29) is 5.91 Å². The van der Waals surface area contributed by atoms with Gasteiger partial charge in [0.05, 0.1) is 11.6 Å². The van der Waals surface area contributed by atoms with E-state index in [9.17, 15) is 4.79 Å². The van der Waals surface area contributed by atoms with Crippen LogP contribution >= 0.6 is 0 Å². The van der Waals surface area contributed by atoms with Gasteiger partial charge in [-0.05, 0) is 58.2 Å². The van der Waals surface area contributed by atoms with Crippen molar-refractivity contribution >= 4 is 5.91 Å². The number of carbonyl (C=O) groups excluding carboxylic acids is 1. The van der Waals surface area contributed by atoms with Gasteiger partial charge in [0.15, 0.2) is 0 Å². The topological polar surface area (TPSA) is 50.6 Å². The molecule has 24 heavy (non-hydrogen) atoms. The second-order valence-corrected chi connectivity index (χ2v) is 6.67. The predicted octanol–water partition coefficient (Wildman–Crippen LogP) is 2.05. The van der Waals surface area contributed by atoms with Gasteiger partial charge in [-0.25, -0.2) is 0 Å². The molecule has 1 saturated heterocycles. The first-order valence-electron chi connectivity index (χ1n) is 8.73. The Bertz CT molecular complexity index is 593. The summed E-state index contributed by atoms with van der Waals surface area (Å²) in [6.07, 6.45) is 2.36. The largest absolute Gasteiger partial charge is 0.336 e. The lowest BCUT2D eigenvalue weighted by molar-refractivity contribution is 0.0694. The molecule has 0 bridgehead atoms.